The first-order chi connectivity index (χ1) is 8.15. The van der Waals surface area contributed by atoms with Crippen LogP contribution in [0.1, 0.15) is 40.7 Å². The van der Waals surface area contributed by atoms with E-state index in [-0.39, 0.29) is 23.1 Å². The van der Waals surface area contributed by atoms with Crippen LogP contribution in [0.15, 0.2) is 6.07 Å². The molecule has 17 heavy (non-hydrogen) atoms. The van der Waals surface area contributed by atoms with E-state index in [1.807, 2.05) is 0 Å². The largest absolute Gasteiger partial charge is 0.506 e. The molecule has 0 amide bonds. The number of phenolic OH excluding ortho intramolecular Hbond substituents is 1. The molecule has 2 rings (SSSR count). The number of aromatic hydroxyl groups is 1. The lowest BCUT2D eigenvalue weighted by molar-refractivity contribution is 0.0998. The van der Waals surface area contributed by atoms with Gasteiger partial charge in [-0.05, 0) is 42.9 Å². The Bertz CT molecular complexity index is 457. The number of hydrogen-bond donors (Lipinski definition) is 2. The monoisotopic (exact) mass is 253 g/mol. The van der Waals surface area contributed by atoms with E-state index in [9.17, 15) is 9.90 Å². The van der Waals surface area contributed by atoms with Crippen LogP contribution in [0.5, 0.6) is 5.75 Å². The van der Waals surface area contributed by atoms with Gasteiger partial charge in [0.1, 0.15) is 5.75 Å². The number of halogens is 1. The van der Waals surface area contributed by atoms with Crippen molar-refractivity contribution in [3.05, 3.63) is 27.8 Å². The van der Waals surface area contributed by atoms with Gasteiger partial charge in [-0.2, -0.15) is 0 Å². The third-order valence-electron chi connectivity index (χ3n) is 3.29. The van der Waals surface area contributed by atoms with E-state index >= 15 is 0 Å². The van der Waals surface area contributed by atoms with E-state index < -0.39 is 0 Å². The molecule has 0 unspecified atom stereocenters. The summed E-state index contributed by atoms with van der Waals surface area (Å²) < 4.78 is 0. The zero-order chi connectivity index (χ0) is 12.4. The summed E-state index contributed by atoms with van der Waals surface area (Å²) in [7, 11) is 0. The second-order valence-corrected chi connectivity index (χ2v) is 4.81. The number of benzene rings is 1. The molecule has 0 fully saturated rings. The first-order valence-electron chi connectivity index (χ1n) is 5.91. The number of carbonyl (C=O) groups excluding carboxylic acids is 1. The van der Waals surface area contributed by atoms with Crippen LogP contribution in [0.4, 0.5) is 0 Å². The van der Waals surface area contributed by atoms with Crippen molar-refractivity contribution >= 4 is 17.4 Å². The Hall–Kier alpha value is -1.06. The molecule has 0 aliphatic heterocycles. The Balaban J connectivity index is 2.61. The summed E-state index contributed by atoms with van der Waals surface area (Å²) in [6.45, 7) is -0.0969. The molecule has 0 aromatic heterocycles. The van der Waals surface area contributed by atoms with Crippen LogP contribution in [-0.2, 0) is 12.8 Å². The van der Waals surface area contributed by atoms with Gasteiger partial charge in [-0.3, -0.25) is 4.79 Å². The maximum Gasteiger partial charge on any atom is 0.180 e. The van der Waals surface area contributed by atoms with Crippen LogP contribution in [-0.4, -0.2) is 17.4 Å². The van der Waals surface area contributed by atoms with Crippen molar-refractivity contribution in [3.63, 3.8) is 0 Å². The number of phenols is 1. The molecule has 0 saturated heterocycles. The Morgan fingerprint density at radius 3 is 2.76 bits per heavy atom. The molecule has 1 aromatic rings. The zero-order valence-electron chi connectivity index (χ0n) is 9.63. The van der Waals surface area contributed by atoms with Crippen LogP contribution in [0.25, 0.3) is 0 Å². The van der Waals surface area contributed by atoms with E-state index in [2.05, 4.69) is 0 Å². The van der Waals surface area contributed by atoms with E-state index in [1.165, 1.54) is 0 Å². The maximum absolute atomic E-state index is 11.8. The van der Waals surface area contributed by atoms with Crippen molar-refractivity contribution in [2.45, 2.75) is 32.1 Å². The number of rotatable bonds is 2. The van der Waals surface area contributed by atoms with E-state index in [4.69, 9.17) is 17.3 Å². The van der Waals surface area contributed by atoms with Crippen LogP contribution < -0.4 is 5.73 Å². The molecule has 0 bridgehead atoms. The lowest BCUT2D eigenvalue weighted by atomic mass is 9.93. The quantitative estimate of drug-likeness (QED) is 0.629. The molecule has 0 saturated carbocycles. The molecule has 4 heteroatoms. The number of hydrogen-bond acceptors (Lipinski definition) is 3. The lowest BCUT2D eigenvalue weighted by Crippen LogP contribution is -2.17. The van der Waals surface area contributed by atoms with Gasteiger partial charge >= 0.3 is 0 Å². The summed E-state index contributed by atoms with van der Waals surface area (Å²) in [6.07, 6.45) is 5.02. The standard InChI is InChI=1S/C13H16ClNO2/c14-10-6-8-4-2-1-3-5-9(8)12(13(10)17)11(16)7-15/h6,17H,1-5,7,15H2. The zero-order valence-corrected chi connectivity index (χ0v) is 10.4. The van der Waals surface area contributed by atoms with Gasteiger partial charge in [0.05, 0.1) is 17.1 Å². The van der Waals surface area contributed by atoms with Crippen molar-refractivity contribution in [2.75, 3.05) is 6.54 Å². The first kappa shape index (κ1) is 12.4. The molecule has 3 nitrogen and oxygen atoms in total. The van der Waals surface area contributed by atoms with Crippen molar-refractivity contribution in [2.24, 2.45) is 5.73 Å². The summed E-state index contributed by atoms with van der Waals surface area (Å²) in [6, 6.07) is 1.78. The molecule has 3 N–H and O–H groups in total. The Morgan fingerprint density at radius 1 is 1.35 bits per heavy atom. The third kappa shape index (κ3) is 2.31. The molecule has 1 aliphatic carbocycles. The summed E-state index contributed by atoms with van der Waals surface area (Å²) >= 11 is 5.96. The highest BCUT2D eigenvalue weighted by Crippen LogP contribution is 2.36. The van der Waals surface area contributed by atoms with Gasteiger partial charge in [-0.15, -0.1) is 0 Å². The number of Topliss-reactive ketones (excluding diaryl/α,β-unsaturated/α-hetero) is 1. The van der Waals surface area contributed by atoms with Crippen LogP contribution in [0, 0.1) is 0 Å². The minimum absolute atomic E-state index is 0.0969. The van der Waals surface area contributed by atoms with Gasteiger partial charge in [-0.1, -0.05) is 18.0 Å². The van der Waals surface area contributed by atoms with Gasteiger partial charge in [0.15, 0.2) is 5.78 Å². The molecular weight excluding hydrogens is 238 g/mol. The van der Waals surface area contributed by atoms with Crippen LogP contribution >= 0.6 is 11.6 Å². The molecule has 1 aliphatic rings. The number of fused-ring (bicyclic) bond motifs is 1. The Morgan fingerprint density at radius 2 is 2.06 bits per heavy atom. The van der Waals surface area contributed by atoms with Crippen molar-refractivity contribution in [3.8, 4) is 5.75 Å². The van der Waals surface area contributed by atoms with Crippen LogP contribution in [0.3, 0.4) is 0 Å². The van der Waals surface area contributed by atoms with E-state index in [1.54, 1.807) is 6.07 Å². The van der Waals surface area contributed by atoms with Gasteiger partial charge in [0.25, 0.3) is 0 Å². The second-order valence-electron chi connectivity index (χ2n) is 4.41. The smallest absolute Gasteiger partial charge is 0.180 e. The summed E-state index contributed by atoms with van der Waals surface area (Å²) in [5.41, 5.74) is 7.77. The summed E-state index contributed by atoms with van der Waals surface area (Å²) in [5.74, 6) is -0.342. The maximum atomic E-state index is 11.8. The lowest BCUT2D eigenvalue weighted by Gasteiger charge is -2.14. The Kier molecular flexibility index (Phi) is 3.69. The fourth-order valence-corrected chi connectivity index (χ4v) is 2.66. The highest BCUT2D eigenvalue weighted by Gasteiger charge is 2.22. The Labute approximate surface area is 106 Å². The average Bonchev–Trinajstić information content (AvgIpc) is 2.55. The highest BCUT2D eigenvalue weighted by molar-refractivity contribution is 6.32. The molecule has 0 spiro atoms. The fraction of sp³-hybridized carbons (Fsp3) is 0.462. The number of ketones is 1. The molecule has 0 radical (unpaired) electrons. The number of nitrogens with two attached hydrogens (primary N) is 1. The van der Waals surface area contributed by atoms with Crippen molar-refractivity contribution < 1.29 is 9.90 Å². The topological polar surface area (TPSA) is 63.3 Å². The summed E-state index contributed by atoms with van der Waals surface area (Å²) in [4.78, 5) is 11.8. The normalized spacial score (nSPS) is 15.2. The SMILES string of the molecule is NCC(=O)c1c(O)c(Cl)cc2c1CCCCC2. The van der Waals surface area contributed by atoms with Gasteiger partial charge in [-0.25, -0.2) is 0 Å². The minimum Gasteiger partial charge on any atom is -0.506 e. The van der Waals surface area contributed by atoms with Crippen molar-refractivity contribution in [1.29, 1.82) is 0 Å². The predicted molar refractivity (Wildman–Crippen MR) is 67.8 cm³/mol. The first-order valence-corrected chi connectivity index (χ1v) is 6.29. The van der Waals surface area contributed by atoms with Crippen LogP contribution in [0.2, 0.25) is 5.02 Å². The number of carbonyl (C=O) groups is 1. The average molecular weight is 254 g/mol. The summed E-state index contributed by atoms with van der Waals surface area (Å²) in [5, 5.41) is 10.2. The highest BCUT2D eigenvalue weighted by atomic mass is 35.5. The minimum atomic E-state index is -0.233. The van der Waals surface area contributed by atoms with E-state index in [0.717, 1.165) is 43.2 Å². The van der Waals surface area contributed by atoms with Gasteiger partial charge in [0, 0.05) is 0 Å². The molecule has 92 valence electrons. The number of aryl methyl sites for hydroxylation is 1. The van der Waals surface area contributed by atoms with Crippen molar-refractivity contribution in [1.82, 2.24) is 0 Å². The van der Waals surface area contributed by atoms with Gasteiger partial charge in [0.2, 0.25) is 0 Å². The molecule has 0 atom stereocenters. The third-order valence-corrected chi connectivity index (χ3v) is 3.58. The molecule has 1 aromatic carbocycles. The predicted octanol–water partition coefficient (Wildman–Crippen LogP) is 2.46. The van der Waals surface area contributed by atoms with E-state index in [0.29, 0.717) is 5.56 Å². The molecular formula is C13H16ClNO2. The van der Waals surface area contributed by atoms with Gasteiger partial charge < -0.3 is 10.8 Å². The molecule has 0 heterocycles. The fourth-order valence-electron chi connectivity index (χ4n) is 2.44. The second kappa shape index (κ2) is 5.07.